The highest BCUT2D eigenvalue weighted by Crippen LogP contribution is 2.32. The van der Waals surface area contributed by atoms with Crippen LogP contribution >= 0.6 is 24.0 Å². The van der Waals surface area contributed by atoms with Crippen LogP contribution < -0.4 is 11.1 Å². The Bertz CT molecular complexity index is 358. The number of unbranched alkanes of at least 4 members (excludes halogenated alkanes) is 3. The summed E-state index contributed by atoms with van der Waals surface area (Å²) in [6.07, 6.45) is 7.92. The van der Waals surface area contributed by atoms with Gasteiger partial charge in [0.1, 0.15) is 0 Å². The van der Waals surface area contributed by atoms with Gasteiger partial charge in [-0.25, -0.2) is 0 Å². The van der Waals surface area contributed by atoms with Crippen molar-refractivity contribution >= 4 is 35.8 Å². The Morgan fingerprint density at radius 3 is 2.81 bits per heavy atom. The minimum atomic E-state index is 0. The lowest BCUT2D eigenvalue weighted by molar-refractivity contribution is -0.128. The van der Waals surface area contributed by atoms with Crippen molar-refractivity contribution in [1.29, 1.82) is 0 Å². The van der Waals surface area contributed by atoms with Crippen LogP contribution in [0.1, 0.15) is 51.9 Å². The van der Waals surface area contributed by atoms with Crippen molar-refractivity contribution in [2.24, 2.45) is 16.6 Å². The molecule has 0 bridgehead atoms. The smallest absolute Gasteiger partial charge is 0.223 e. The number of carbonyl (C=O) groups excluding carboxylic acids is 1. The van der Waals surface area contributed by atoms with Crippen molar-refractivity contribution < 1.29 is 4.79 Å². The van der Waals surface area contributed by atoms with Gasteiger partial charge in [0.2, 0.25) is 5.91 Å². The topological polar surface area (TPSA) is 70.7 Å². The maximum absolute atomic E-state index is 11.8. The van der Waals surface area contributed by atoms with Crippen LogP contribution in [0.5, 0.6) is 0 Å². The van der Waals surface area contributed by atoms with Crippen molar-refractivity contribution in [2.45, 2.75) is 57.9 Å². The number of nitrogens with zero attached hydrogens (tertiary/aromatic N) is 2. The molecule has 21 heavy (non-hydrogen) atoms. The molecular weight excluding hydrogens is 379 g/mol. The van der Waals surface area contributed by atoms with E-state index < -0.39 is 0 Å². The standard InChI is InChI=1S/C15H28N4O.HI/c1-2-3-4-5-8-17-15(16)18-10-12-9-14(20)19(11-12)13-6-7-13;/h12-13H,2-11H2,1H3,(H3,16,17,18);1H. The number of carbonyl (C=O) groups is 1. The Morgan fingerprint density at radius 2 is 2.14 bits per heavy atom. The maximum atomic E-state index is 11.8. The fourth-order valence-corrected chi connectivity index (χ4v) is 2.72. The lowest BCUT2D eigenvalue weighted by Crippen LogP contribution is -2.33. The monoisotopic (exact) mass is 408 g/mol. The van der Waals surface area contributed by atoms with Crippen molar-refractivity contribution in [1.82, 2.24) is 10.2 Å². The SMILES string of the molecule is CCCCCCNC(N)=NCC1CC(=O)N(C2CC2)C1.I. The lowest BCUT2D eigenvalue weighted by atomic mass is 10.1. The molecule has 2 rings (SSSR count). The lowest BCUT2D eigenvalue weighted by Gasteiger charge is -2.14. The summed E-state index contributed by atoms with van der Waals surface area (Å²) in [6, 6.07) is 0.533. The van der Waals surface area contributed by atoms with Gasteiger partial charge in [0, 0.05) is 38.0 Å². The molecule has 0 radical (unpaired) electrons. The highest BCUT2D eigenvalue weighted by molar-refractivity contribution is 14.0. The molecule has 2 aliphatic rings. The van der Waals surface area contributed by atoms with Crippen molar-refractivity contribution in [3.05, 3.63) is 0 Å². The van der Waals surface area contributed by atoms with Gasteiger partial charge >= 0.3 is 0 Å². The molecule has 1 amide bonds. The van der Waals surface area contributed by atoms with Crippen molar-refractivity contribution in [2.75, 3.05) is 19.6 Å². The zero-order chi connectivity index (χ0) is 14.4. The minimum absolute atomic E-state index is 0. The molecule has 0 spiro atoms. The van der Waals surface area contributed by atoms with Crippen LogP contribution in [-0.2, 0) is 4.79 Å². The number of aliphatic imine (C=N–C) groups is 1. The first-order valence-electron chi connectivity index (χ1n) is 8.04. The number of amides is 1. The summed E-state index contributed by atoms with van der Waals surface area (Å²) < 4.78 is 0. The molecule has 0 aromatic heterocycles. The van der Waals surface area contributed by atoms with Gasteiger partial charge in [-0.1, -0.05) is 26.2 Å². The van der Waals surface area contributed by atoms with Crippen LogP contribution in [0.4, 0.5) is 0 Å². The molecule has 0 aromatic rings. The number of hydrogen-bond acceptors (Lipinski definition) is 2. The molecule has 1 heterocycles. The van der Waals surface area contributed by atoms with Gasteiger partial charge < -0.3 is 16.0 Å². The Balaban J connectivity index is 0.00000220. The molecule has 1 saturated heterocycles. The van der Waals surface area contributed by atoms with Crippen molar-refractivity contribution in [3.8, 4) is 0 Å². The summed E-state index contributed by atoms with van der Waals surface area (Å²) in [5, 5.41) is 3.15. The molecule has 1 aliphatic heterocycles. The molecule has 3 N–H and O–H groups in total. The molecule has 1 atom stereocenters. The summed E-state index contributed by atoms with van der Waals surface area (Å²) in [5.74, 6) is 1.18. The number of nitrogens with one attached hydrogen (secondary N) is 1. The van der Waals surface area contributed by atoms with E-state index in [9.17, 15) is 4.79 Å². The number of nitrogens with two attached hydrogens (primary N) is 1. The van der Waals surface area contributed by atoms with Gasteiger partial charge in [-0.05, 0) is 19.3 Å². The van der Waals surface area contributed by atoms with E-state index in [1.807, 2.05) is 4.90 Å². The number of halogens is 1. The minimum Gasteiger partial charge on any atom is -0.370 e. The summed E-state index contributed by atoms with van der Waals surface area (Å²) >= 11 is 0. The quantitative estimate of drug-likeness (QED) is 0.280. The Kier molecular flexibility index (Phi) is 8.36. The van der Waals surface area contributed by atoms with Gasteiger partial charge in [-0.3, -0.25) is 9.79 Å². The van der Waals surface area contributed by atoms with E-state index in [1.54, 1.807) is 0 Å². The van der Waals surface area contributed by atoms with Crippen LogP contribution in [-0.4, -0.2) is 42.4 Å². The molecule has 1 aliphatic carbocycles. The molecule has 0 aromatic carbocycles. The second-order valence-corrected chi connectivity index (χ2v) is 6.06. The van der Waals surface area contributed by atoms with Crippen LogP contribution in [0.3, 0.4) is 0 Å². The van der Waals surface area contributed by atoms with E-state index in [1.165, 1.54) is 32.1 Å². The average Bonchev–Trinajstić information content (AvgIpc) is 3.20. The number of guanidine groups is 1. The third kappa shape index (κ3) is 6.40. The van der Waals surface area contributed by atoms with Crippen LogP contribution in [0, 0.1) is 5.92 Å². The predicted molar refractivity (Wildman–Crippen MR) is 96.9 cm³/mol. The summed E-state index contributed by atoms with van der Waals surface area (Å²) in [6.45, 7) is 4.64. The van der Waals surface area contributed by atoms with Gasteiger partial charge in [-0.15, -0.1) is 24.0 Å². The molecule has 122 valence electrons. The Hall–Kier alpha value is -0.530. The van der Waals surface area contributed by atoms with Crippen LogP contribution in [0.25, 0.3) is 0 Å². The Labute approximate surface area is 145 Å². The third-order valence-electron chi connectivity index (χ3n) is 4.08. The maximum Gasteiger partial charge on any atom is 0.223 e. The van der Waals surface area contributed by atoms with E-state index in [-0.39, 0.29) is 24.0 Å². The molecule has 5 nitrogen and oxygen atoms in total. The molecule has 1 unspecified atom stereocenters. The fraction of sp³-hybridized carbons (Fsp3) is 0.867. The number of likely N-dealkylation sites (tertiary alicyclic amines) is 1. The first-order valence-corrected chi connectivity index (χ1v) is 8.04. The summed E-state index contributed by atoms with van der Waals surface area (Å²) in [7, 11) is 0. The van der Waals surface area contributed by atoms with E-state index in [0.29, 0.717) is 36.8 Å². The van der Waals surface area contributed by atoms with E-state index in [4.69, 9.17) is 5.73 Å². The molecule has 6 heteroatoms. The number of hydrogen-bond donors (Lipinski definition) is 2. The summed E-state index contributed by atoms with van der Waals surface area (Å²) in [5.41, 5.74) is 5.85. The first-order chi connectivity index (χ1) is 9.70. The van der Waals surface area contributed by atoms with E-state index in [2.05, 4.69) is 17.2 Å². The normalized spacial score (nSPS) is 22.3. The third-order valence-corrected chi connectivity index (χ3v) is 4.08. The van der Waals surface area contributed by atoms with E-state index in [0.717, 1.165) is 19.5 Å². The highest BCUT2D eigenvalue weighted by Gasteiger charge is 2.38. The predicted octanol–water partition coefficient (Wildman–Crippen LogP) is 2.10. The van der Waals surface area contributed by atoms with Gasteiger partial charge in [0.25, 0.3) is 0 Å². The van der Waals surface area contributed by atoms with Gasteiger partial charge in [0.05, 0.1) is 0 Å². The van der Waals surface area contributed by atoms with Crippen LogP contribution in [0.15, 0.2) is 4.99 Å². The zero-order valence-corrected chi connectivity index (χ0v) is 15.3. The van der Waals surface area contributed by atoms with Gasteiger partial charge in [0.15, 0.2) is 5.96 Å². The second-order valence-electron chi connectivity index (χ2n) is 6.06. The average molecular weight is 408 g/mol. The molecular formula is C15H29IN4O. The zero-order valence-electron chi connectivity index (χ0n) is 13.0. The molecule has 2 fully saturated rings. The Morgan fingerprint density at radius 1 is 1.38 bits per heavy atom. The van der Waals surface area contributed by atoms with Crippen LogP contribution in [0.2, 0.25) is 0 Å². The second kappa shape index (κ2) is 9.48. The van der Waals surface area contributed by atoms with Crippen molar-refractivity contribution in [3.63, 3.8) is 0 Å². The van der Waals surface area contributed by atoms with Gasteiger partial charge in [-0.2, -0.15) is 0 Å². The first kappa shape index (κ1) is 18.5. The largest absolute Gasteiger partial charge is 0.370 e. The van der Waals surface area contributed by atoms with E-state index >= 15 is 0 Å². The molecule has 1 saturated carbocycles. The highest BCUT2D eigenvalue weighted by atomic mass is 127. The number of rotatable bonds is 8. The summed E-state index contributed by atoms with van der Waals surface area (Å²) in [4.78, 5) is 18.2. The fourth-order valence-electron chi connectivity index (χ4n) is 2.72.